The third-order valence-electron chi connectivity index (χ3n) is 0.532. The van der Waals surface area contributed by atoms with Crippen LogP contribution in [0.25, 0.3) is 0 Å². The molecule has 0 aromatic rings. The van der Waals surface area contributed by atoms with Crippen LogP contribution in [0, 0.1) is 0 Å². The molecule has 0 atom stereocenters. The molecule has 7 heavy (non-hydrogen) atoms. The van der Waals surface area contributed by atoms with Gasteiger partial charge in [-0.05, 0) is 0 Å². The Kier molecular flexibility index (Phi) is 0.651. The second-order valence-electron chi connectivity index (χ2n) is 1.08. The number of nitrogens with zero attached hydrogens (tertiary/aromatic N) is 2. The zero-order valence-corrected chi connectivity index (χ0v) is 3.46. The first-order valence-electron chi connectivity index (χ1n) is 1.71. The molecule has 2 amide bonds. The van der Waals surface area contributed by atoms with Crippen molar-refractivity contribution in [1.82, 2.24) is 0 Å². The topological polar surface area (TPSA) is 67.8 Å². The third-order valence-corrected chi connectivity index (χ3v) is 0.532. The molecule has 1 aliphatic heterocycles. The van der Waals surface area contributed by atoms with E-state index in [-0.39, 0.29) is 5.84 Å². The van der Waals surface area contributed by atoms with Crippen LogP contribution >= 0.6 is 0 Å². The van der Waals surface area contributed by atoms with E-state index in [0.717, 1.165) is 0 Å². The molecule has 1 aliphatic rings. The lowest BCUT2D eigenvalue weighted by molar-refractivity contribution is 0.257. The number of carbonyl (C=O) groups excluding carboxylic acids is 1. The van der Waals surface area contributed by atoms with E-state index in [1.54, 1.807) is 0 Å². The number of rotatable bonds is 0. The molecule has 0 aromatic carbocycles. The van der Waals surface area contributed by atoms with Crippen LogP contribution in [0.3, 0.4) is 0 Å². The fourth-order valence-electron chi connectivity index (χ4n) is 0.290. The summed E-state index contributed by atoms with van der Waals surface area (Å²) in [7, 11) is 0. The van der Waals surface area contributed by atoms with Crippen molar-refractivity contribution in [1.29, 1.82) is 0 Å². The summed E-state index contributed by atoms with van der Waals surface area (Å²) in [6, 6.07) is -0.516. The van der Waals surface area contributed by atoms with Gasteiger partial charge in [-0.25, -0.2) is 4.79 Å². The van der Waals surface area contributed by atoms with E-state index in [1.165, 1.54) is 6.21 Å². The fourth-order valence-corrected chi connectivity index (χ4v) is 0.290. The number of nitrogens with two attached hydrogens (primary N) is 1. The van der Waals surface area contributed by atoms with Crippen molar-refractivity contribution < 1.29 is 4.79 Å². The molecule has 4 nitrogen and oxygen atoms in total. The molecule has 0 saturated heterocycles. The van der Waals surface area contributed by atoms with Gasteiger partial charge in [0.05, 0.1) is 6.21 Å². The lowest BCUT2D eigenvalue weighted by Gasteiger charge is -1.70. The van der Waals surface area contributed by atoms with Crippen LogP contribution in [0.2, 0.25) is 0 Å². The van der Waals surface area contributed by atoms with Gasteiger partial charge >= 0.3 is 6.03 Å². The summed E-state index contributed by atoms with van der Waals surface area (Å²) in [6.07, 6.45) is 1.22. The van der Waals surface area contributed by atoms with Crippen LogP contribution in [0.5, 0.6) is 0 Å². The normalized spacial score (nSPS) is 17.7. The van der Waals surface area contributed by atoms with Gasteiger partial charge in [0, 0.05) is 0 Å². The fraction of sp³-hybridized carbons (Fsp3) is 0. The highest BCUT2D eigenvalue weighted by Crippen LogP contribution is 1.85. The van der Waals surface area contributed by atoms with Crippen LogP contribution in [-0.2, 0) is 0 Å². The van der Waals surface area contributed by atoms with Gasteiger partial charge in [0.2, 0.25) is 0 Å². The Morgan fingerprint density at radius 3 is 2.57 bits per heavy atom. The molecule has 0 unspecified atom stereocenters. The van der Waals surface area contributed by atoms with Crippen molar-refractivity contribution in [3.8, 4) is 0 Å². The molecule has 0 bridgehead atoms. The summed E-state index contributed by atoms with van der Waals surface area (Å²) >= 11 is 0. The molecule has 0 radical (unpaired) electrons. The van der Waals surface area contributed by atoms with E-state index in [2.05, 4.69) is 9.98 Å². The molecule has 1 rings (SSSR count). The molecule has 0 spiro atoms. The summed E-state index contributed by atoms with van der Waals surface area (Å²) in [4.78, 5) is 16.4. The van der Waals surface area contributed by atoms with Gasteiger partial charge in [-0.1, -0.05) is 0 Å². The Morgan fingerprint density at radius 1 is 1.71 bits per heavy atom. The van der Waals surface area contributed by atoms with Gasteiger partial charge in [-0.3, -0.25) is 0 Å². The van der Waals surface area contributed by atoms with Crippen molar-refractivity contribution in [2.75, 3.05) is 0 Å². The number of amides is 2. The minimum absolute atomic E-state index is 0.185. The molecule has 1 heterocycles. The van der Waals surface area contributed by atoms with E-state index in [0.29, 0.717) is 0 Å². The molecule has 0 aromatic heterocycles. The first-order valence-corrected chi connectivity index (χ1v) is 1.71. The molecule has 0 fully saturated rings. The quantitative estimate of drug-likeness (QED) is 0.444. The zero-order valence-electron chi connectivity index (χ0n) is 3.46. The van der Waals surface area contributed by atoms with Crippen LogP contribution in [0.15, 0.2) is 9.98 Å². The van der Waals surface area contributed by atoms with Crippen LogP contribution in [0.1, 0.15) is 0 Å². The molecule has 36 valence electrons. The third kappa shape index (κ3) is 0.623. The maximum Gasteiger partial charge on any atom is 0.369 e. The van der Waals surface area contributed by atoms with E-state index in [1.807, 2.05) is 0 Å². The molecule has 4 heteroatoms. The highest BCUT2D eigenvalue weighted by Gasteiger charge is 2.00. The summed E-state index contributed by atoms with van der Waals surface area (Å²) in [6.45, 7) is 0. The van der Waals surface area contributed by atoms with Crippen LogP contribution in [0.4, 0.5) is 4.79 Å². The van der Waals surface area contributed by atoms with Gasteiger partial charge in [-0.15, -0.1) is 0 Å². The Bertz CT molecular complexity index is 158. The van der Waals surface area contributed by atoms with Crippen molar-refractivity contribution in [3.05, 3.63) is 0 Å². The monoisotopic (exact) mass is 97.0 g/mol. The minimum Gasteiger partial charge on any atom is -0.382 e. The first kappa shape index (κ1) is 3.98. The van der Waals surface area contributed by atoms with Gasteiger partial charge < -0.3 is 5.73 Å². The maximum atomic E-state index is 9.99. The SMILES string of the molecule is NC1=NC(=O)N=C1. The number of hydrogen-bond acceptors (Lipinski definition) is 2. The highest BCUT2D eigenvalue weighted by atomic mass is 16.2. The van der Waals surface area contributed by atoms with E-state index in [9.17, 15) is 4.79 Å². The average Bonchev–Trinajstić information content (AvgIpc) is 1.87. The number of aliphatic imine (C=N–C) groups is 2. The zero-order chi connectivity index (χ0) is 5.28. The molecular formula is C3H3N3O. The molecular weight excluding hydrogens is 94.1 g/mol. The summed E-state index contributed by atoms with van der Waals surface area (Å²) < 4.78 is 0. The largest absolute Gasteiger partial charge is 0.382 e. The first-order chi connectivity index (χ1) is 3.29. The predicted molar refractivity (Wildman–Crippen MR) is 25.5 cm³/mol. The van der Waals surface area contributed by atoms with E-state index in [4.69, 9.17) is 5.73 Å². The van der Waals surface area contributed by atoms with Crippen molar-refractivity contribution >= 4 is 18.1 Å². The predicted octanol–water partition coefficient (Wildman–Crippen LogP) is -0.452. The van der Waals surface area contributed by atoms with Crippen molar-refractivity contribution in [2.24, 2.45) is 15.7 Å². The lowest BCUT2D eigenvalue weighted by Crippen LogP contribution is -2.08. The van der Waals surface area contributed by atoms with Crippen LogP contribution < -0.4 is 5.73 Å². The van der Waals surface area contributed by atoms with Crippen molar-refractivity contribution in [2.45, 2.75) is 0 Å². The Hall–Kier alpha value is -1.19. The smallest absolute Gasteiger partial charge is 0.369 e. The summed E-state index contributed by atoms with van der Waals surface area (Å²) in [5.74, 6) is 0.185. The van der Waals surface area contributed by atoms with E-state index < -0.39 is 6.03 Å². The number of urea groups is 1. The maximum absolute atomic E-state index is 9.99. The van der Waals surface area contributed by atoms with Crippen molar-refractivity contribution in [3.63, 3.8) is 0 Å². The summed E-state index contributed by atoms with van der Waals surface area (Å²) in [5.41, 5.74) is 5.00. The number of hydrogen-bond donors (Lipinski definition) is 1. The average molecular weight is 97.1 g/mol. The Balaban J connectivity index is 2.88. The van der Waals surface area contributed by atoms with Gasteiger partial charge in [-0.2, -0.15) is 9.98 Å². The second kappa shape index (κ2) is 1.14. The van der Waals surface area contributed by atoms with Gasteiger partial charge in [0.15, 0.2) is 0 Å². The van der Waals surface area contributed by atoms with Gasteiger partial charge in [0.1, 0.15) is 5.84 Å². The van der Waals surface area contributed by atoms with Crippen LogP contribution in [-0.4, -0.2) is 18.1 Å². The molecule has 0 aliphatic carbocycles. The highest BCUT2D eigenvalue weighted by molar-refractivity contribution is 6.35. The number of carbonyl (C=O) groups is 1. The number of amidine groups is 1. The minimum atomic E-state index is -0.516. The summed E-state index contributed by atoms with van der Waals surface area (Å²) in [5, 5.41) is 0. The Labute approximate surface area is 39.8 Å². The Morgan fingerprint density at radius 2 is 2.43 bits per heavy atom. The lowest BCUT2D eigenvalue weighted by atomic mass is 10.7. The molecule has 0 saturated carbocycles. The molecule has 2 N–H and O–H groups in total. The van der Waals surface area contributed by atoms with Gasteiger partial charge in [0.25, 0.3) is 0 Å². The standard InChI is InChI=1S/C3H3N3O/c4-2-1-5-3(7)6-2/h1H,(H2,4,6,7). The van der Waals surface area contributed by atoms with E-state index >= 15 is 0 Å². The second-order valence-corrected chi connectivity index (χ2v) is 1.08.